The number of hydrogen-bond acceptors (Lipinski definition) is 4. The molecule has 0 fully saturated rings. The fourth-order valence-electron chi connectivity index (χ4n) is 0.812. The van der Waals surface area contributed by atoms with Crippen molar-refractivity contribution in [2.24, 2.45) is 5.92 Å². The van der Waals surface area contributed by atoms with Crippen molar-refractivity contribution in [1.29, 1.82) is 0 Å². The van der Waals surface area contributed by atoms with Crippen LogP contribution in [0.4, 0.5) is 0 Å². The fourth-order valence-corrected chi connectivity index (χ4v) is 1.76. The Kier molecular flexibility index (Phi) is 3.88. The molecule has 14 heavy (non-hydrogen) atoms. The van der Waals surface area contributed by atoms with Gasteiger partial charge >= 0.3 is 5.97 Å². The minimum absolute atomic E-state index is 0.360. The average molecular weight is 212 g/mol. The number of thioether (sulfide) groups is 1. The highest BCUT2D eigenvalue weighted by atomic mass is 32.2. The molecule has 0 aliphatic rings. The number of carboxylic acids is 1. The van der Waals surface area contributed by atoms with Crippen LogP contribution in [0.25, 0.3) is 0 Å². The number of nitrogens with zero attached hydrogens (tertiary/aromatic N) is 2. The van der Waals surface area contributed by atoms with Crippen LogP contribution in [0, 0.1) is 12.8 Å². The highest BCUT2D eigenvalue weighted by Gasteiger charge is 2.12. The van der Waals surface area contributed by atoms with E-state index < -0.39 is 5.97 Å². The fraction of sp³-hybridized carbons (Fsp3) is 0.444. The maximum Gasteiger partial charge on any atom is 0.307 e. The van der Waals surface area contributed by atoms with Crippen LogP contribution in [0.3, 0.4) is 0 Å². The van der Waals surface area contributed by atoms with E-state index >= 15 is 0 Å². The molecule has 1 aromatic heterocycles. The number of carboxylic acid groups (broad SMARTS) is 1. The second-order valence-electron chi connectivity index (χ2n) is 3.00. The lowest BCUT2D eigenvalue weighted by Gasteiger charge is -2.05. The van der Waals surface area contributed by atoms with E-state index in [1.54, 1.807) is 19.3 Å². The minimum atomic E-state index is -0.779. The summed E-state index contributed by atoms with van der Waals surface area (Å²) in [5.74, 6) is -0.616. The zero-order valence-corrected chi connectivity index (χ0v) is 8.91. The molecule has 1 N–H and O–H groups in total. The van der Waals surface area contributed by atoms with Gasteiger partial charge in [-0.15, -0.1) is 11.8 Å². The molecule has 0 amide bonds. The van der Waals surface area contributed by atoms with Crippen LogP contribution in [-0.4, -0.2) is 26.8 Å². The van der Waals surface area contributed by atoms with E-state index in [1.807, 2.05) is 6.92 Å². The van der Waals surface area contributed by atoms with Crippen LogP contribution in [0.5, 0.6) is 0 Å². The molecule has 0 aliphatic carbocycles. The molecule has 4 nitrogen and oxygen atoms in total. The first-order valence-corrected chi connectivity index (χ1v) is 5.23. The van der Waals surface area contributed by atoms with E-state index in [-0.39, 0.29) is 5.92 Å². The maximum absolute atomic E-state index is 10.6. The van der Waals surface area contributed by atoms with Gasteiger partial charge in [-0.2, -0.15) is 0 Å². The molecular formula is C9H12N2O2S. The van der Waals surface area contributed by atoms with Crippen LogP contribution in [0.2, 0.25) is 0 Å². The third kappa shape index (κ3) is 2.99. The third-order valence-corrected chi connectivity index (χ3v) is 3.07. The van der Waals surface area contributed by atoms with Crippen molar-refractivity contribution in [3.63, 3.8) is 0 Å². The van der Waals surface area contributed by atoms with Gasteiger partial charge in [-0.3, -0.25) is 9.78 Å². The van der Waals surface area contributed by atoms with Crippen molar-refractivity contribution in [3.05, 3.63) is 18.1 Å². The molecule has 0 aromatic carbocycles. The summed E-state index contributed by atoms with van der Waals surface area (Å²) in [6.45, 7) is 3.54. The van der Waals surface area contributed by atoms with Crippen LogP contribution in [-0.2, 0) is 4.79 Å². The summed E-state index contributed by atoms with van der Waals surface area (Å²) in [7, 11) is 0. The summed E-state index contributed by atoms with van der Waals surface area (Å²) in [6, 6.07) is 0. The number of hydrogen-bond donors (Lipinski definition) is 1. The average Bonchev–Trinajstić information content (AvgIpc) is 2.16. The van der Waals surface area contributed by atoms with Crippen molar-refractivity contribution in [1.82, 2.24) is 9.97 Å². The summed E-state index contributed by atoms with van der Waals surface area (Å²) < 4.78 is 0. The first-order chi connectivity index (χ1) is 6.61. The normalized spacial score (nSPS) is 12.4. The predicted octanol–water partition coefficient (Wildman–Crippen LogP) is 1.60. The number of aliphatic carboxylic acids is 1. The number of rotatable bonds is 4. The van der Waals surface area contributed by atoms with Gasteiger partial charge in [-0.1, -0.05) is 6.92 Å². The molecule has 0 saturated heterocycles. The lowest BCUT2D eigenvalue weighted by Crippen LogP contribution is -2.12. The van der Waals surface area contributed by atoms with Gasteiger partial charge in [0.15, 0.2) is 0 Å². The van der Waals surface area contributed by atoms with Crippen LogP contribution in [0.15, 0.2) is 17.4 Å². The molecular weight excluding hydrogens is 200 g/mol. The molecule has 0 spiro atoms. The topological polar surface area (TPSA) is 63.1 Å². The monoisotopic (exact) mass is 212 g/mol. The van der Waals surface area contributed by atoms with Crippen molar-refractivity contribution in [3.8, 4) is 0 Å². The molecule has 0 bridgehead atoms. The van der Waals surface area contributed by atoms with Gasteiger partial charge in [0.25, 0.3) is 0 Å². The van der Waals surface area contributed by atoms with Crippen LogP contribution >= 0.6 is 11.8 Å². The van der Waals surface area contributed by atoms with Gasteiger partial charge in [0.1, 0.15) is 5.03 Å². The predicted molar refractivity (Wildman–Crippen MR) is 54.3 cm³/mol. The maximum atomic E-state index is 10.6. The lowest BCUT2D eigenvalue weighted by atomic mass is 10.2. The Labute approximate surface area is 86.8 Å². The second-order valence-corrected chi connectivity index (χ2v) is 4.01. The van der Waals surface area contributed by atoms with Crippen molar-refractivity contribution in [2.75, 3.05) is 5.75 Å². The van der Waals surface area contributed by atoms with Crippen LogP contribution < -0.4 is 0 Å². The summed E-state index contributed by atoms with van der Waals surface area (Å²) >= 11 is 1.43. The van der Waals surface area contributed by atoms with Crippen LogP contribution in [0.1, 0.15) is 12.6 Å². The molecule has 1 rings (SSSR count). The highest BCUT2D eigenvalue weighted by molar-refractivity contribution is 7.99. The number of carbonyl (C=O) groups is 1. The Morgan fingerprint density at radius 2 is 2.21 bits per heavy atom. The van der Waals surface area contributed by atoms with Crippen molar-refractivity contribution in [2.45, 2.75) is 18.9 Å². The Hall–Kier alpha value is -1.10. The molecule has 5 heteroatoms. The van der Waals surface area contributed by atoms with E-state index in [9.17, 15) is 4.79 Å². The molecule has 1 unspecified atom stereocenters. The van der Waals surface area contributed by atoms with E-state index in [1.165, 1.54) is 11.8 Å². The molecule has 0 aliphatic heterocycles. The van der Waals surface area contributed by atoms with Gasteiger partial charge in [-0.25, -0.2) is 4.98 Å². The summed E-state index contributed by atoms with van der Waals surface area (Å²) in [5.41, 5.74) is 0.843. The standard InChI is InChI=1S/C9H12N2O2S/c1-6(9(12)13)5-14-8-7(2)10-3-4-11-8/h3-4,6H,5H2,1-2H3,(H,12,13). The first kappa shape index (κ1) is 11.0. The third-order valence-electron chi connectivity index (χ3n) is 1.73. The largest absolute Gasteiger partial charge is 0.481 e. The molecule has 1 atom stereocenters. The summed E-state index contributed by atoms with van der Waals surface area (Å²) in [4.78, 5) is 18.7. The van der Waals surface area contributed by atoms with Gasteiger partial charge in [0.2, 0.25) is 0 Å². The Balaban J connectivity index is 2.54. The molecule has 0 saturated carbocycles. The smallest absolute Gasteiger partial charge is 0.307 e. The van der Waals surface area contributed by atoms with E-state index in [2.05, 4.69) is 9.97 Å². The minimum Gasteiger partial charge on any atom is -0.481 e. The molecule has 1 aromatic rings. The zero-order chi connectivity index (χ0) is 10.6. The number of aromatic nitrogens is 2. The van der Waals surface area contributed by atoms with Gasteiger partial charge in [-0.05, 0) is 6.92 Å². The van der Waals surface area contributed by atoms with Gasteiger partial charge in [0.05, 0.1) is 11.6 Å². The Bertz CT molecular complexity index is 330. The quantitative estimate of drug-likeness (QED) is 0.768. The van der Waals surface area contributed by atoms with Gasteiger partial charge in [0, 0.05) is 18.1 Å². The molecule has 0 radical (unpaired) electrons. The summed E-state index contributed by atoms with van der Waals surface area (Å²) in [5, 5.41) is 9.49. The Morgan fingerprint density at radius 1 is 1.57 bits per heavy atom. The van der Waals surface area contributed by atoms with Crippen molar-refractivity contribution < 1.29 is 9.90 Å². The Morgan fingerprint density at radius 3 is 2.79 bits per heavy atom. The van der Waals surface area contributed by atoms with E-state index in [0.29, 0.717) is 5.75 Å². The van der Waals surface area contributed by atoms with Gasteiger partial charge < -0.3 is 5.11 Å². The van der Waals surface area contributed by atoms with Crippen molar-refractivity contribution >= 4 is 17.7 Å². The SMILES string of the molecule is Cc1nccnc1SCC(C)C(=O)O. The zero-order valence-electron chi connectivity index (χ0n) is 8.10. The van der Waals surface area contributed by atoms with E-state index in [4.69, 9.17) is 5.11 Å². The highest BCUT2D eigenvalue weighted by Crippen LogP contribution is 2.20. The number of aryl methyl sites for hydroxylation is 1. The van der Waals surface area contributed by atoms with E-state index in [0.717, 1.165) is 10.7 Å². The molecule has 1 heterocycles. The summed E-state index contributed by atoms with van der Waals surface area (Å²) in [6.07, 6.45) is 3.24. The first-order valence-electron chi connectivity index (χ1n) is 4.24. The lowest BCUT2D eigenvalue weighted by molar-refractivity contribution is -0.140. The molecule has 76 valence electrons. The second kappa shape index (κ2) is 4.95.